The van der Waals surface area contributed by atoms with Crippen molar-refractivity contribution in [3.8, 4) is 0 Å². The Morgan fingerprint density at radius 3 is 2.00 bits per heavy atom. The van der Waals surface area contributed by atoms with Crippen molar-refractivity contribution in [1.29, 1.82) is 0 Å². The van der Waals surface area contributed by atoms with Crippen LogP contribution < -0.4 is 0 Å². The van der Waals surface area contributed by atoms with Gasteiger partial charge < -0.3 is 14.9 Å². The molecular weight excluding hydrogens is 246 g/mol. The normalized spacial score (nSPS) is 33.2. The number of rotatable bonds is 5. The van der Waals surface area contributed by atoms with Crippen LogP contribution in [-0.4, -0.2) is 60.5 Å². The molecule has 0 spiro atoms. The fourth-order valence-corrected chi connectivity index (χ4v) is 2.77. The van der Waals surface area contributed by atoms with E-state index in [1.165, 1.54) is 7.11 Å². The van der Waals surface area contributed by atoms with Crippen LogP contribution >= 0.6 is 0 Å². The Morgan fingerprint density at radius 1 is 1.32 bits per heavy atom. The molecule has 0 aromatic rings. The minimum absolute atomic E-state index is 0.0371. The Bertz CT molecular complexity index is 352. The molecule has 0 aromatic carbocycles. The van der Waals surface area contributed by atoms with E-state index >= 15 is 0 Å². The van der Waals surface area contributed by atoms with Gasteiger partial charge in [0.15, 0.2) is 0 Å². The number of carbonyl (C=O) groups is 1. The van der Waals surface area contributed by atoms with Crippen molar-refractivity contribution in [1.82, 2.24) is 4.90 Å². The molecule has 0 saturated carbocycles. The fourth-order valence-electron chi connectivity index (χ4n) is 2.77. The van der Waals surface area contributed by atoms with Crippen LogP contribution in [0.1, 0.15) is 20.8 Å². The van der Waals surface area contributed by atoms with Gasteiger partial charge in [-0.05, 0) is 6.92 Å². The zero-order valence-electron chi connectivity index (χ0n) is 12.3. The number of nitrogens with zero attached hydrogens (tertiary/aromatic N) is 1. The third-order valence-corrected chi connectivity index (χ3v) is 4.52. The van der Waals surface area contributed by atoms with Gasteiger partial charge in [0.2, 0.25) is 0 Å². The number of likely N-dealkylation sites (tertiary alicyclic amines) is 1. The van der Waals surface area contributed by atoms with E-state index in [0.29, 0.717) is 18.7 Å². The predicted molar refractivity (Wildman–Crippen MR) is 72.6 cm³/mol. The Labute approximate surface area is 114 Å². The Balaban J connectivity index is 3.05. The average Bonchev–Trinajstić information content (AvgIpc) is 2.62. The van der Waals surface area contributed by atoms with Gasteiger partial charge in [-0.2, -0.15) is 0 Å². The van der Waals surface area contributed by atoms with Crippen LogP contribution in [0.25, 0.3) is 0 Å². The minimum Gasteiger partial charge on any atom is -0.468 e. The summed E-state index contributed by atoms with van der Waals surface area (Å²) in [6.07, 6.45) is 0. The molecule has 1 saturated heterocycles. The number of aliphatic hydroxyl groups excluding tert-OH is 2. The van der Waals surface area contributed by atoms with E-state index in [0.717, 1.165) is 0 Å². The third-order valence-electron chi connectivity index (χ3n) is 4.52. The van der Waals surface area contributed by atoms with Gasteiger partial charge in [0.25, 0.3) is 0 Å². The average molecular weight is 271 g/mol. The monoisotopic (exact) mass is 271 g/mol. The van der Waals surface area contributed by atoms with Crippen molar-refractivity contribution < 1.29 is 19.7 Å². The first-order valence-corrected chi connectivity index (χ1v) is 6.43. The summed E-state index contributed by atoms with van der Waals surface area (Å²) in [4.78, 5) is 13.8. The highest BCUT2D eigenvalue weighted by molar-refractivity contribution is 5.79. The van der Waals surface area contributed by atoms with Crippen LogP contribution in [0.4, 0.5) is 0 Å². The third kappa shape index (κ3) is 2.68. The standard InChI is InChI=1S/C14H25NO4/c1-10(2)11(12(18)19-5)15-6-13(3,8-16)14(4,7-15)9-17/h11,16-17H,1,6-9H2,2-5H3/t11?,13-,14+. The van der Waals surface area contributed by atoms with Crippen molar-refractivity contribution in [2.24, 2.45) is 10.8 Å². The van der Waals surface area contributed by atoms with Gasteiger partial charge >= 0.3 is 5.97 Å². The van der Waals surface area contributed by atoms with Gasteiger partial charge in [-0.3, -0.25) is 9.69 Å². The summed E-state index contributed by atoms with van der Waals surface area (Å²) < 4.78 is 4.82. The molecule has 1 aliphatic heterocycles. The van der Waals surface area contributed by atoms with Gasteiger partial charge in [-0.15, -0.1) is 0 Å². The summed E-state index contributed by atoms with van der Waals surface area (Å²) in [6, 6.07) is -0.524. The highest BCUT2D eigenvalue weighted by Crippen LogP contribution is 2.46. The SMILES string of the molecule is C=C(C)C(C(=O)OC)N1C[C@](C)(CO)[C@](C)(CO)C1. The second kappa shape index (κ2) is 5.61. The van der Waals surface area contributed by atoms with Crippen LogP contribution in [0.5, 0.6) is 0 Å². The maximum Gasteiger partial charge on any atom is 0.327 e. The molecule has 1 rings (SSSR count). The molecule has 110 valence electrons. The summed E-state index contributed by atoms with van der Waals surface area (Å²) in [6.45, 7) is 10.5. The number of esters is 1. The number of hydrogen-bond acceptors (Lipinski definition) is 5. The molecule has 3 atom stereocenters. The van der Waals surface area contributed by atoms with Crippen molar-refractivity contribution in [3.63, 3.8) is 0 Å². The van der Waals surface area contributed by atoms with Crippen LogP contribution in [0.3, 0.4) is 0 Å². The van der Waals surface area contributed by atoms with Gasteiger partial charge in [0, 0.05) is 23.9 Å². The van der Waals surface area contributed by atoms with E-state index < -0.39 is 16.9 Å². The number of ether oxygens (including phenoxy) is 1. The van der Waals surface area contributed by atoms with Crippen LogP contribution in [0.2, 0.25) is 0 Å². The smallest absolute Gasteiger partial charge is 0.327 e. The van der Waals surface area contributed by atoms with Crippen molar-refractivity contribution in [3.05, 3.63) is 12.2 Å². The Morgan fingerprint density at radius 2 is 1.74 bits per heavy atom. The molecule has 1 aliphatic rings. The van der Waals surface area contributed by atoms with Gasteiger partial charge in [0.1, 0.15) is 6.04 Å². The molecule has 2 N–H and O–H groups in total. The molecule has 1 heterocycles. The maximum absolute atomic E-state index is 11.9. The minimum atomic E-state index is -0.524. The quantitative estimate of drug-likeness (QED) is 0.560. The van der Waals surface area contributed by atoms with E-state index in [-0.39, 0.29) is 19.2 Å². The summed E-state index contributed by atoms with van der Waals surface area (Å²) in [5, 5.41) is 19.3. The van der Waals surface area contributed by atoms with Crippen molar-refractivity contribution in [2.75, 3.05) is 33.4 Å². The number of hydrogen-bond donors (Lipinski definition) is 2. The lowest BCUT2D eigenvalue weighted by atomic mass is 9.69. The zero-order chi connectivity index (χ0) is 14.8. The number of methoxy groups -OCH3 is 1. The van der Waals surface area contributed by atoms with Gasteiger partial charge in [-0.1, -0.05) is 26.0 Å². The Kier molecular flexibility index (Phi) is 4.76. The van der Waals surface area contributed by atoms with E-state index in [9.17, 15) is 15.0 Å². The lowest BCUT2D eigenvalue weighted by molar-refractivity contribution is -0.145. The number of aliphatic hydroxyl groups is 2. The van der Waals surface area contributed by atoms with Gasteiger partial charge in [0.05, 0.1) is 20.3 Å². The molecule has 1 fully saturated rings. The molecule has 0 aromatic heterocycles. The second-order valence-corrected chi connectivity index (χ2v) is 6.11. The van der Waals surface area contributed by atoms with Crippen LogP contribution in [0, 0.1) is 10.8 Å². The molecule has 0 bridgehead atoms. The molecule has 1 unspecified atom stereocenters. The Hall–Kier alpha value is -0.910. The summed E-state index contributed by atoms with van der Waals surface area (Å²) in [5.74, 6) is -0.352. The first-order chi connectivity index (χ1) is 8.74. The number of carbonyl (C=O) groups excluding carboxylic acids is 1. The fraction of sp³-hybridized carbons (Fsp3) is 0.786. The van der Waals surface area contributed by atoms with Crippen molar-refractivity contribution in [2.45, 2.75) is 26.8 Å². The van der Waals surface area contributed by atoms with E-state index in [2.05, 4.69) is 6.58 Å². The molecule has 0 aliphatic carbocycles. The molecule has 19 heavy (non-hydrogen) atoms. The summed E-state index contributed by atoms with van der Waals surface area (Å²) >= 11 is 0. The highest BCUT2D eigenvalue weighted by atomic mass is 16.5. The maximum atomic E-state index is 11.9. The molecule has 5 heteroatoms. The van der Waals surface area contributed by atoms with E-state index in [4.69, 9.17) is 4.74 Å². The molecule has 0 radical (unpaired) electrons. The summed E-state index contributed by atoms with van der Waals surface area (Å²) in [7, 11) is 1.35. The van der Waals surface area contributed by atoms with E-state index in [1.54, 1.807) is 6.92 Å². The first kappa shape index (κ1) is 16.1. The molecular formula is C14H25NO4. The first-order valence-electron chi connectivity index (χ1n) is 6.43. The molecule has 0 amide bonds. The lowest BCUT2D eigenvalue weighted by Crippen LogP contribution is -2.42. The van der Waals surface area contributed by atoms with Crippen molar-refractivity contribution >= 4 is 5.97 Å². The lowest BCUT2D eigenvalue weighted by Gasteiger charge is -2.36. The summed E-state index contributed by atoms with van der Waals surface area (Å²) in [5.41, 5.74) is -0.207. The van der Waals surface area contributed by atoms with E-state index in [1.807, 2.05) is 18.7 Å². The zero-order valence-corrected chi connectivity index (χ0v) is 12.3. The topological polar surface area (TPSA) is 70.0 Å². The van der Waals surface area contributed by atoms with Gasteiger partial charge in [-0.25, -0.2) is 0 Å². The van der Waals surface area contributed by atoms with Crippen LogP contribution in [-0.2, 0) is 9.53 Å². The highest BCUT2D eigenvalue weighted by Gasteiger charge is 2.53. The predicted octanol–water partition coefficient (Wildman–Crippen LogP) is 0.417. The van der Waals surface area contributed by atoms with Crippen LogP contribution in [0.15, 0.2) is 12.2 Å². The second-order valence-electron chi connectivity index (χ2n) is 6.11. The molecule has 5 nitrogen and oxygen atoms in total. The largest absolute Gasteiger partial charge is 0.468 e.